The summed E-state index contributed by atoms with van der Waals surface area (Å²) in [6, 6.07) is 1.72. The highest BCUT2D eigenvalue weighted by Gasteiger charge is 2.23. The Morgan fingerprint density at radius 2 is 2.41 bits per heavy atom. The van der Waals surface area contributed by atoms with Crippen molar-refractivity contribution < 1.29 is 9.53 Å². The van der Waals surface area contributed by atoms with E-state index in [-0.39, 0.29) is 11.8 Å². The van der Waals surface area contributed by atoms with E-state index in [9.17, 15) is 4.79 Å². The number of nitrogens with zero attached hydrogens (tertiary/aromatic N) is 2. The molecule has 6 heteroatoms. The molecule has 6 nitrogen and oxygen atoms in total. The van der Waals surface area contributed by atoms with Gasteiger partial charge < -0.3 is 10.1 Å². The van der Waals surface area contributed by atoms with Gasteiger partial charge in [0.2, 0.25) is 17.7 Å². The first-order valence-electron chi connectivity index (χ1n) is 5.60. The molecule has 1 aromatic heterocycles. The van der Waals surface area contributed by atoms with Gasteiger partial charge in [0.1, 0.15) is 0 Å². The van der Waals surface area contributed by atoms with E-state index in [1.165, 1.54) is 7.11 Å². The van der Waals surface area contributed by atoms with E-state index in [1.807, 2.05) is 6.92 Å². The van der Waals surface area contributed by atoms with Crippen molar-refractivity contribution in [2.24, 2.45) is 5.92 Å². The fraction of sp³-hybridized carbons (Fsp3) is 0.545. The molecule has 1 fully saturated rings. The van der Waals surface area contributed by atoms with Crippen LogP contribution in [0, 0.1) is 12.8 Å². The molecule has 92 valence electrons. The molecule has 0 bridgehead atoms. The zero-order valence-electron chi connectivity index (χ0n) is 9.99. The molecule has 1 aliphatic rings. The van der Waals surface area contributed by atoms with Crippen LogP contribution in [0.4, 0.5) is 5.95 Å². The van der Waals surface area contributed by atoms with Crippen molar-refractivity contribution in [2.75, 3.05) is 25.5 Å². The van der Waals surface area contributed by atoms with Crippen molar-refractivity contribution in [2.45, 2.75) is 13.3 Å². The lowest BCUT2D eigenvalue weighted by molar-refractivity contribution is -0.119. The summed E-state index contributed by atoms with van der Waals surface area (Å²) in [6.45, 7) is 3.43. The van der Waals surface area contributed by atoms with Gasteiger partial charge in [-0.15, -0.1) is 0 Å². The summed E-state index contributed by atoms with van der Waals surface area (Å²) in [4.78, 5) is 20.1. The zero-order valence-corrected chi connectivity index (χ0v) is 9.99. The fourth-order valence-corrected chi connectivity index (χ4v) is 1.79. The highest BCUT2D eigenvalue weighted by molar-refractivity contribution is 5.91. The first-order chi connectivity index (χ1) is 8.19. The Bertz CT molecular complexity index is 416. The van der Waals surface area contributed by atoms with E-state index in [4.69, 9.17) is 4.74 Å². The second kappa shape index (κ2) is 5.09. The molecular weight excluding hydrogens is 220 g/mol. The number of nitrogens with one attached hydrogen (secondary N) is 2. The third-order valence-corrected chi connectivity index (χ3v) is 2.71. The summed E-state index contributed by atoms with van der Waals surface area (Å²) in [5.74, 6) is 0.726. The Labute approximate surface area is 99.8 Å². The Morgan fingerprint density at radius 1 is 1.59 bits per heavy atom. The summed E-state index contributed by atoms with van der Waals surface area (Å²) in [5.41, 5.74) is 0.761. The molecule has 1 aromatic rings. The first kappa shape index (κ1) is 11.8. The number of aromatic nitrogens is 2. The van der Waals surface area contributed by atoms with E-state index in [0.717, 1.165) is 25.2 Å². The number of rotatable bonds is 3. The number of carbonyl (C=O) groups excluding carboxylic acids is 1. The standard InChI is InChI=1S/C11H16N4O2/c1-7-5-9(17-2)14-11(13-7)15-10(16)8-3-4-12-6-8/h5,8,12H,3-4,6H2,1-2H3,(H,13,14,15,16). The van der Waals surface area contributed by atoms with Gasteiger partial charge >= 0.3 is 0 Å². The molecule has 2 rings (SSSR count). The number of hydrogen-bond acceptors (Lipinski definition) is 5. The number of carbonyl (C=O) groups is 1. The second-order valence-electron chi connectivity index (χ2n) is 4.05. The highest BCUT2D eigenvalue weighted by Crippen LogP contribution is 2.14. The largest absolute Gasteiger partial charge is 0.481 e. The van der Waals surface area contributed by atoms with Crippen LogP contribution in [0.15, 0.2) is 6.07 Å². The van der Waals surface area contributed by atoms with Gasteiger partial charge in [-0.05, 0) is 19.9 Å². The number of hydrogen-bond donors (Lipinski definition) is 2. The molecule has 0 spiro atoms. The molecule has 17 heavy (non-hydrogen) atoms. The van der Waals surface area contributed by atoms with E-state index in [0.29, 0.717) is 11.8 Å². The molecule has 0 saturated carbocycles. The molecule has 0 radical (unpaired) electrons. The van der Waals surface area contributed by atoms with Crippen molar-refractivity contribution in [3.63, 3.8) is 0 Å². The van der Waals surface area contributed by atoms with E-state index < -0.39 is 0 Å². The SMILES string of the molecule is COc1cc(C)nc(NC(=O)C2CCNC2)n1. The number of ether oxygens (including phenoxy) is 1. The van der Waals surface area contributed by atoms with E-state index in [2.05, 4.69) is 20.6 Å². The molecule has 0 aromatic carbocycles. The number of anilines is 1. The lowest BCUT2D eigenvalue weighted by Crippen LogP contribution is -2.25. The lowest BCUT2D eigenvalue weighted by atomic mass is 10.1. The third-order valence-electron chi connectivity index (χ3n) is 2.71. The van der Waals surface area contributed by atoms with Gasteiger partial charge in [-0.25, -0.2) is 4.98 Å². The monoisotopic (exact) mass is 236 g/mol. The van der Waals surface area contributed by atoms with Gasteiger partial charge in [0, 0.05) is 18.3 Å². The molecule has 1 amide bonds. The second-order valence-corrected chi connectivity index (χ2v) is 4.05. The van der Waals surface area contributed by atoms with Gasteiger partial charge in [-0.3, -0.25) is 10.1 Å². The van der Waals surface area contributed by atoms with Crippen LogP contribution in [0.1, 0.15) is 12.1 Å². The van der Waals surface area contributed by atoms with Crippen LogP contribution in [0.25, 0.3) is 0 Å². The van der Waals surface area contributed by atoms with Gasteiger partial charge in [0.15, 0.2) is 0 Å². The quantitative estimate of drug-likeness (QED) is 0.791. The number of aryl methyl sites for hydroxylation is 1. The Balaban J connectivity index is 2.06. The van der Waals surface area contributed by atoms with Crippen molar-refractivity contribution in [1.29, 1.82) is 0 Å². The average molecular weight is 236 g/mol. The van der Waals surface area contributed by atoms with Crippen LogP contribution in [-0.2, 0) is 4.79 Å². The van der Waals surface area contributed by atoms with Crippen LogP contribution in [0.2, 0.25) is 0 Å². The maximum atomic E-state index is 11.9. The molecule has 2 N–H and O–H groups in total. The maximum Gasteiger partial charge on any atom is 0.232 e. The molecule has 1 unspecified atom stereocenters. The van der Waals surface area contributed by atoms with Crippen LogP contribution in [0.3, 0.4) is 0 Å². The molecule has 0 aliphatic carbocycles. The van der Waals surface area contributed by atoms with Gasteiger partial charge in [-0.1, -0.05) is 0 Å². The normalized spacial score (nSPS) is 19.1. The van der Waals surface area contributed by atoms with Crippen molar-refractivity contribution >= 4 is 11.9 Å². The Hall–Kier alpha value is -1.69. The van der Waals surface area contributed by atoms with Gasteiger partial charge in [0.25, 0.3) is 0 Å². The summed E-state index contributed by atoms with van der Waals surface area (Å²) >= 11 is 0. The number of amides is 1. The smallest absolute Gasteiger partial charge is 0.232 e. The molecule has 1 aliphatic heterocycles. The van der Waals surface area contributed by atoms with E-state index >= 15 is 0 Å². The van der Waals surface area contributed by atoms with Crippen molar-refractivity contribution in [3.05, 3.63) is 11.8 Å². The summed E-state index contributed by atoms with van der Waals surface area (Å²) in [6.07, 6.45) is 0.856. The summed E-state index contributed by atoms with van der Waals surface area (Å²) < 4.78 is 5.03. The predicted octanol–water partition coefficient (Wildman–Crippen LogP) is 0.342. The lowest BCUT2D eigenvalue weighted by Gasteiger charge is -2.09. The molecule has 1 atom stereocenters. The predicted molar refractivity (Wildman–Crippen MR) is 62.9 cm³/mol. The summed E-state index contributed by atoms with van der Waals surface area (Å²) in [7, 11) is 1.54. The average Bonchev–Trinajstić information content (AvgIpc) is 2.81. The highest BCUT2D eigenvalue weighted by atomic mass is 16.5. The number of methoxy groups -OCH3 is 1. The molecular formula is C11H16N4O2. The Morgan fingerprint density at radius 3 is 3.06 bits per heavy atom. The molecule has 1 saturated heterocycles. The van der Waals surface area contributed by atoms with Crippen LogP contribution < -0.4 is 15.4 Å². The fourth-order valence-electron chi connectivity index (χ4n) is 1.79. The minimum absolute atomic E-state index is 0.00473. The van der Waals surface area contributed by atoms with Gasteiger partial charge in [-0.2, -0.15) is 4.98 Å². The van der Waals surface area contributed by atoms with Crippen LogP contribution >= 0.6 is 0 Å². The Kier molecular flexibility index (Phi) is 3.53. The topological polar surface area (TPSA) is 76.1 Å². The zero-order chi connectivity index (χ0) is 12.3. The van der Waals surface area contributed by atoms with E-state index in [1.54, 1.807) is 6.07 Å². The van der Waals surface area contributed by atoms with Crippen LogP contribution in [-0.4, -0.2) is 36.1 Å². The van der Waals surface area contributed by atoms with Gasteiger partial charge in [0.05, 0.1) is 13.0 Å². The first-order valence-corrected chi connectivity index (χ1v) is 5.60. The maximum absolute atomic E-state index is 11.9. The minimum atomic E-state index is -0.0392. The van der Waals surface area contributed by atoms with Crippen molar-refractivity contribution in [1.82, 2.24) is 15.3 Å². The van der Waals surface area contributed by atoms with Crippen molar-refractivity contribution in [3.8, 4) is 5.88 Å². The minimum Gasteiger partial charge on any atom is -0.481 e. The van der Waals surface area contributed by atoms with Crippen LogP contribution in [0.5, 0.6) is 5.88 Å². The third kappa shape index (κ3) is 2.91. The summed E-state index contributed by atoms with van der Waals surface area (Å²) in [5, 5.41) is 5.86. The molecule has 2 heterocycles.